The topological polar surface area (TPSA) is 84.4 Å². The maximum absolute atomic E-state index is 13.3. The van der Waals surface area contributed by atoms with E-state index >= 15 is 0 Å². The first-order valence-electron chi connectivity index (χ1n) is 9.62. The molecule has 0 spiro atoms. The summed E-state index contributed by atoms with van der Waals surface area (Å²) in [6.07, 6.45) is 0. The highest BCUT2D eigenvalue weighted by molar-refractivity contribution is 6.32. The molecule has 3 aromatic carbocycles. The number of halogens is 1. The van der Waals surface area contributed by atoms with Gasteiger partial charge in [0.05, 0.1) is 33.8 Å². The fourth-order valence-electron chi connectivity index (χ4n) is 3.73. The van der Waals surface area contributed by atoms with Gasteiger partial charge < -0.3 is 14.6 Å². The van der Waals surface area contributed by atoms with Gasteiger partial charge in [0.1, 0.15) is 12.4 Å². The zero-order valence-corrected chi connectivity index (χ0v) is 16.9. The van der Waals surface area contributed by atoms with Crippen molar-refractivity contribution >= 4 is 34.1 Å². The molecule has 0 fully saturated rings. The molecule has 0 saturated heterocycles. The molecule has 1 aromatic heterocycles. The summed E-state index contributed by atoms with van der Waals surface area (Å²) >= 11 is 6.34. The summed E-state index contributed by atoms with van der Waals surface area (Å²) < 4.78 is 6.57. The molecule has 0 bridgehead atoms. The first kappa shape index (κ1) is 19.1. The van der Waals surface area contributed by atoms with E-state index in [-0.39, 0.29) is 16.6 Å². The standard InChI is InChI=1S/C23H16ClN3O4/c24-16-10-9-14(21(28)26-11-12-31-20-8-4-3-7-18(20)26)13-19(16)27-22(29)15-5-1-2-6-17(15)25-23(27)30/h1-10,13H,11-12H2,(H,25,30). The lowest BCUT2D eigenvalue weighted by Crippen LogP contribution is -2.38. The number of nitrogens with one attached hydrogen (secondary N) is 1. The number of hydrogen-bond donors (Lipinski definition) is 1. The van der Waals surface area contributed by atoms with Crippen LogP contribution < -0.4 is 20.9 Å². The molecule has 0 radical (unpaired) electrons. The number of nitrogens with zero attached hydrogens (tertiary/aromatic N) is 2. The third-order valence-electron chi connectivity index (χ3n) is 5.21. The van der Waals surface area contributed by atoms with E-state index in [2.05, 4.69) is 4.98 Å². The van der Waals surface area contributed by atoms with Crippen molar-refractivity contribution in [3.63, 3.8) is 0 Å². The van der Waals surface area contributed by atoms with Crippen molar-refractivity contribution in [2.24, 2.45) is 0 Å². The molecule has 4 aromatic rings. The Labute approximate surface area is 181 Å². The Morgan fingerprint density at radius 2 is 1.74 bits per heavy atom. The van der Waals surface area contributed by atoms with Gasteiger partial charge in [0.2, 0.25) is 0 Å². The van der Waals surface area contributed by atoms with Crippen LogP contribution in [0.4, 0.5) is 5.69 Å². The molecule has 1 N–H and O–H groups in total. The van der Waals surface area contributed by atoms with Crippen LogP contribution in [0, 0.1) is 0 Å². The van der Waals surface area contributed by atoms with Crippen molar-refractivity contribution < 1.29 is 9.53 Å². The average Bonchev–Trinajstić information content (AvgIpc) is 2.79. The van der Waals surface area contributed by atoms with Gasteiger partial charge in [-0.1, -0.05) is 35.9 Å². The van der Waals surface area contributed by atoms with Crippen molar-refractivity contribution in [3.05, 3.63) is 98.2 Å². The zero-order chi connectivity index (χ0) is 21.5. The molecule has 2 heterocycles. The number of anilines is 1. The molecule has 31 heavy (non-hydrogen) atoms. The third-order valence-corrected chi connectivity index (χ3v) is 5.53. The van der Waals surface area contributed by atoms with Gasteiger partial charge in [0.25, 0.3) is 11.5 Å². The summed E-state index contributed by atoms with van der Waals surface area (Å²) in [6, 6.07) is 18.5. The SMILES string of the molecule is O=C(c1ccc(Cl)c(-n2c(=O)[nH]c3ccccc3c2=O)c1)N1CCOc2ccccc21. The first-order chi connectivity index (χ1) is 15.0. The summed E-state index contributed by atoms with van der Waals surface area (Å²) in [6.45, 7) is 0.747. The predicted molar refractivity (Wildman–Crippen MR) is 119 cm³/mol. The number of aromatic amines is 1. The van der Waals surface area contributed by atoms with Crippen LogP contribution in [0.15, 0.2) is 76.3 Å². The third kappa shape index (κ3) is 3.19. The molecule has 0 unspecified atom stereocenters. The fourth-order valence-corrected chi connectivity index (χ4v) is 3.94. The second-order valence-corrected chi connectivity index (χ2v) is 7.46. The molecule has 0 saturated carbocycles. The van der Waals surface area contributed by atoms with Crippen LogP contribution >= 0.6 is 11.6 Å². The number of ether oxygens (including phenoxy) is 1. The summed E-state index contributed by atoms with van der Waals surface area (Å²) in [5, 5.41) is 0.527. The van der Waals surface area contributed by atoms with E-state index in [0.29, 0.717) is 41.1 Å². The molecule has 154 valence electrons. The molecule has 5 rings (SSSR count). The average molecular weight is 434 g/mol. The van der Waals surface area contributed by atoms with Crippen LogP contribution in [-0.2, 0) is 0 Å². The summed E-state index contributed by atoms with van der Waals surface area (Å²) in [5.74, 6) is 0.345. The smallest absolute Gasteiger partial charge is 0.333 e. The summed E-state index contributed by atoms with van der Waals surface area (Å²) in [5.41, 5.74) is 0.397. The van der Waals surface area contributed by atoms with Gasteiger partial charge in [0.15, 0.2) is 0 Å². The molecule has 1 amide bonds. The van der Waals surface area contributed by atoms with Gasteiger partial charge in [0, 0.05) is 5.56 Å². The lowest BCUT2D eigenvalue weighted by molar-refractivity contribution is 0.0976. The van der Waals surface area contributed by atoms with Gasteiger partial charge in [-0.2, -0.15) is 0 Å². The number of aromatic nitrogens is 2. The minimum Gasteiger partial charge on any atom is -0.490 e. The van der Waals surface area contributed by atoms with Crippen molar-refractivity contribution in [1.29, 1.82) is 0 Å². The Morgan fingerprint density at radius 1 is 0.968 bits per heavy atom. The lowest BCUT2D eigenvalue weighted by Gasteiger charge is -2.29. The highest BCUT2D eigenvalue weighted by Gasteiger charge is 2.25. The van der Waals surface area contributed by atoms with Crippen LogP contribution in [0.1, 0.15) is 10.4 Å². The fraction of sp³-hybridized carbons (Fsp3) is 0.0870. The highest BCUT2D eigenvalue weighted by atomic mass is 35.5. The summed E-state index contributed by atoms with van der Waals surface area (Å²) in [7, 11) is 0. The van der Waals surface area contributed by atoms with Gasteiger partial charge in [-0.05, 0) is 42.5 Å². The number of carbonyl (C=O) groups excluding carboxylic acids is 1. The Kier molecular flexibility index (Phi) is 4.60. The number of amides is 1. The van der Waals surface area contributed by atoms with Crippen LogP contribution in [0.5, 0.6) is 5.75 Å². The molecule has 7 nitrogen and oxygen atoms in total. The van der Waals surface area contributed by atoms with E-state index in [9.17, 15) is 14.4 Å². The van der Waals surface area contributed by atoms with Crippen molar-refractivity contribution in [2.75, 3.05) is 18.1 Å². The van der Waals surface area contributed by atoms with Gasteiger partial charge in [-0.3, -0.25) is 9.59 Å². The van der Waals surface area contributed by atoms with Gasteiger partial charge in [-0.15, -0.1) is 0 Å². The minimum absolute atomic E-state index is 0.145. The Balaban J connectivity index is 1.64. The lowest BCUT2D eigenvalue weighted by atomic mass is 10.1. The number of H-pyrrole nitrogens is 1. The Hall–Kier alpha value is -3.84. The predicted octanol–water partition coefficient (Wildman–Crippen LogP) is 3.37. The highest BCUT2D eigenvalue weighted by Crippen LogP contribution is 2.32. The molecule has 0 aliphatic carbocycles. The quantitative estimate of drug-likeness (QED) is 0.525. The van der Waals surface area contributed by atoms with Gasteiger partial charge >= 0.3 is 5.69 Å². The van der Waals surface area contributed by atoms with E-state index < -0.39 is 11.2 Å². The second kappa shape index (κ2) is 7.45. The number of benzene rings is 3. The minimum atomic E-state index is -0.632. The second-order valence-electron chi connectivity index (χ2n) is 7.06. The number of rotatable bonds is 2. The van der Waals surface area contributed by atoms with E-state index in [0.717, 1.165) is 4.57 Å². The van der Waals surface area contributed by atoms with Crippen LogP contribution in [0.3, 0.4) is 0 Å². The van der Waals surface area contributed by atoms with Crippen LogP contribution in [0.2, 0.25) is 5.02 Å². The van der Waals surface area contributed by atoms with Gasteiger partial charge in [-0.25, -0.2) is 9.36 Å². The zero-order valence-electron chi connectivity index (χ0n) is 16.2. The van der Waals surface area contributed by atoms with Crippen molar-refractivity contribution in [2.45, 2.75) is 0 Å². The normalized spacial score (nSPS) is 13.0. The Bertz CT molecular complexity index is 1460. The number of hydrogen-bond acceptors (Lipinski definition) is 4. The van der Waals surface area contributed by atoms with E-state index in [1.807, 2.05) is 18.2 Å². The molecule has 0 atom stereocenters. The van der Waals surface area contributed by atoms with E-state index in [1.54, 1.807) is 41.3 Å². The summed E-state index contributed by atoms with van der Waals surface area (Å²) in [4.78, 5) is 43.3. The molecular formula is C23H16ClN3O4. The monoisotopic (exact) mass is 433 g/mol. The van der Waals surface area contributed by atoms with Crippen LogP contribution in [-0.4, -0.2) is 28.6 Å². The number of carbonyl (C=O) groups is 1. The van der Waals surface area contributed by atoms with Crippen LogP contribution in [0.25, 0.3) is 16.6 Å². The number of para-hydroxylation sites is 3. The van der Waals surface area contributed by atoms with E-state index in [1.165, 1.54) is 12.1 Å². The Morgan fingerprint density at radius 3 is 2.61 bits per heavy atom. The largest absolute Gasteiger partial charge is 0.490 e. The first-order valence-corrected chi connectivity index (χ1v) is 10.00. The molecular weight excluding hydrogens is 418 g/mol. The molecule has 1 aliphatic heterocycles. The maximum atomic E-state index is 13.3. The van der Waals surface area contributed by atoms with Crippen molar-refractivity contribution in [1.82, 2.24) is 9.55 Å². The number of fused-ring (bicyclic) bond motifs is 2. The molecule has 1 aliphatic rings. The molecule has 8 heteroatoms. The van der Waals surface area contributed by atoms with Crippen molar-refractivity contribution in [3.8, 4) is 11.4 Å². The van der Waals surface area contributed by atoms with E-state index in [4.69, 9.17) is 16.3 Å². The maximum Gasteiger partial charge on any atom is 0.333 e.